The number of ether oxygens (including phenoxy) is 2. The number of anilines is 1. The molecular weight excluding hydrogens is 482 g/mol. The third kappa shape index (κ3) is 4.27. The second-order valence-corrected chi connectivity index (χ2v) is 8.80. The number of carbonyl (C=O) groups is 2. The molecule has 8 heteroatoms. The molecule has 7 nitrogen and oxygen atoms in total. The van der Waals surface area contributed by atoms with E-state index in [2.05, 4.69) is 0 Å². The van der Waals surface area contributed by atoms with Gasteiger partial charge in [-0.1, -0.05) is 23.7 Å². The maximum Gasteiger partial charge on any atom is 0.300 e. The van der Waals surface area contributed by atoms with Crippen LogP contribution < -0.4 is 14.4 Å². The summed E-state index contributed by atoms with van der Waals surface area (Å²) in [5, 5.41) is 22.1. The normalized spacial score (nSPS) is 16.9. The summed E-state index contributed by atoms with van der Waals surface area (Å²) >= 11 is 6.35. The number of rotatable bonds is 6. The molecule has 1 amide bonds. The van der Waals surface area contributed by atoms with E-state index < -0.39 is 17.7 Å². The summed E-state index contributed by atoms with van der Waals surface area (Å²) < 4.78 is 10.8. The van der Waals surface area contributed by atoms with Crippen LogP contribution in [-0.4, -0.2) is 35.6 Å². The fourth-order valence-electron chi connectivity index (χ4n) is 4.40. The summed E-state index contributed by atoms with van der Waals surface area (Å²) in [4.78, 5) is 28.2. The lowest BCUT2D eigenvalue weighted by Crippen LogP contribution is -2.30. The molecule has 4 rings (SSSR count). The van der Waals surface area contributed by atoms with Gasteiger partial charge in [-0.15, -0.1) is 0 Å². The lowest BCUT2D eigenvalue weighted by molar-refractivity contribution is -0.132. The van der Waals surface area contributed by atoms with E-state index in [-0.39, 0.29) is 22.8 Å². The van der Waals surface area contributed by atoms with Gasteiger partial charge in [-0.05, 0) is 79.9 Å². The maximum absolute atomic E-state index is 13.4. The Morgan fingerprint density at radius 2 is 1.83 bits per heavy atom. The van der Waals surface area contributed by atoms with Crippen molar-refractivity contribution in [3.63, 3.8) is 0 Å². The number of amides is 1. The number of aromatic hydroxyl groups is 1. The topological polar surface area (TPSA) is 96.3 Å². The zero-order valence-electron chi connectivity index (χ0n) is 20.3. The Hall–Kier alpha value is -3.97. The molecule has 1 unspecified atom stereocenters. The van der Waals surface area contributed by atoms with Gasteiger partial charge in [0.25, 0.3) is 11.7 Å². The fourth-order valence-corrected chi connectivity index (χ4v) is 4.57. The smallest absolute Gasteiger partial charge is 0.300 e. The number of phenols is 1. The van der Waals surface area contributed by atoms with Gasteiger partial charge in [0.2, 0.25) is 0 Å². The molecule has 186 valence electrons. The fraction of sp³-hybridized carbons (Fsp3) is 0.214. The quantitative estimate of drug-likeness (QED) is 0.252. The van der Waals surface area contributed by atoms with Crippen molar-refractivity contribution in [3.8, 4) is 17.2 Å². The Morgan fingerprint density at radius 1 is 1.08 bits per heavy atom. The SMILES string of the molecule is CCOc1cc(C2/C(=C(\O)c3ccc(OC)cc3C)C(=O)C(=O)N2c2cccc(Cl)c2C)ccc1O. The van der Waals surface area contributed by atoms with E-state index in [1.807, 2.05) is 0 Å². The number of hydrogen-bond acceptors (Lipinski definition) is 6. The summed E-state index contributed by atoms with van der Waals surface area (Å²) in [6, 6.07) is 13.7. The van der Waals surface area contributed by atoms with Gasteiger partial charge in [0.15, 0.2) is 11.5 Å². The summed E-state index contributed by atoms with van der Waals surface area (Å²) in [6.45, 7) is 5.61. The van der Waals surface area contributed by atoms with Gasteiger partial charge in [-0.3, -0.25) is 14.5 Å². The largest absolute Gasteiger partial charge is 0.507 e. The summed E-state index contributed by atoms with van der Waals surface area (Å²) in [5.74, 6) is -1.24. The molecule has 0 aliphatic carbocycles. The first-order valence-corrected chi connectivity index (χ1v) is 11.7. The van der Waals surface area contributed by atoms with Crippen molar-refractivity contribution in [2.75, 3.05) is 18.6 Å². The lowest BCUT2D eigenvalue weighted by atomic mass is 9.93. The minimum atomic E-state index is -0.997. The molecular formula is C28H26ClNO6. The Kier molecular flexibility index (Phi) is 6.95. The molecule has 1 aliphatic rings. The van der Waals surface area contributed by atoms with Crippen LogP contribution in [-0.2, 0) is 9.59 Å². The zero-order valence-corrected chi connectivity index (χ0v) is 21.1. The second kappa shape index (κ2) is 9.95. The number of aryl methyl sites for hydroxylation is 1. The number of aliphatic hydroxyl groups excluding tert-OH is 1. The monoisotopic (exact) mass is 507 g/mol. The van der Waals surface area contributed by atoms with Gasteiger partial charge >= 0.3 is 0 Å². The number of hydrogen-bond donors (Lipinski definition) is 2. The number of Topliss-reactive ketones (excluding diaryl/α,β-unsaturated/α-hetero) is 1. The standard InChI is InChI=1S/C28H26ClNO6/c1-5-36-23-14-17(9-12-22(23)31)25-24(26(32)19-11-10-18(35-4)13-15(19)2)27(33)28(34)30(25)21-8-6-7-20(29)16(21)3/h6-14,25,31-32H,5H2,1-4H3/b26-24+. The molecule has 36 heavy (non-hydrogen) atoms. The number of carbonyl (C=O) groups excluding carboxylic acids is 2. The zero-order chi connectivity index (χ0) is 26.1. The number of halogens is 1. The minimum absolute atomic E-state index is 0.0810. The van der Waals surface area contributed by atoms with E-state index in [0.29, 0.717) is 45.3 Å². The summed E-state index contributed by atoms with van der Waals surface area (Å²) in [5.41, 5.74) is 2.49. The third-order valence-electron chi connectivity index (χ3n) is 6.23. The van der Waals surface area contributed by atoms with Crippen molar-refractivity contribution < 1.29 is 29.3 Å². The van der Waals surface area contributed by atoms with Crippen molar-refractivity contribution >= 4 is 34.7 Å². The van der Waals surface area contributed by atoms with Crippen molar-refractivity contribution in [2.24, 2.45) is 0 Å². The second-order valence-electron chi connectivity index (χ2n) is 8.39. The number of ketones is 1. The number of benzene rings is 3. The van der Waals surface area contributed by atoms with Crippen LogP contribution in [0.5, 0.6) is 17.2 Å². The van der Waals surface area contributed by atoms with Crippen LogP contribution >= 0.6 is 11.6 Å². The predicted octanol–water partition coefficient (Wildman–Crippen LogP) is 5.70. The summed E-state index contributed by atoms with van der Waals surface area (Å²) in [7, 11) is 1.54. The molecule has 0 aromatic heterocycles. The third-order valence-corrected chi connectivity index (χ3v) is 6.64. The molecule has 2 N–H and O–H groups in total. The molecule has 1 heterocycles. The molecule has 1 aliphatic heterocycles. The first-order valence-electron chi connectivity index (χ1n) is 11.4. The first kappa shape index (κ1) is 25.1. The highest BCUT2D eigenvalue weighted by molar-refractivity contribution is 6.52. The average Bonchev–Trinajstić information content (AvgIpc) is 3.12. The first-order chi connectivity index (χ1) is 17.2. The Morgan fingerprint density at radius 3 is 2.50 bits per heavy atom. The average molecular weight is 508 g/mol. The van der Waals surface area contributed by atoms with E-state index in [1.54, 1.807) is 69.3 Å². The van der Waals surface area contributed by atoms with Crippen LogP contribution in [0, 0.1) is 13.8 Å². The highest BCUT2D eigenvalue weighted by Gasteiger charge is 2.47. The molecule has 1 atom stereocenters. The van der Waals surface area contributed by atoms with Crippen LogP contribution in [0.15, 0.2) is 60.2 Å². The Labute approximate surface area is 214 Å². The Balaban J connectivity index is 2.00. The molecule has 1 saturated heterocycles. The van der Waals surface area contributed by atoms with Gasteiger partial charge < -0.3 is 19.7 Å². The van der Waals surface area contributed by atoms with Crippen molar-refractivity contribution in [1.29, 1.82) is 0 Å². The van der Waals surface area contributed by atoms with Crippen LogP contribution in [0.1, 0.15) is 35.2 Å². The molecule has 3 aromatic carbocycles. The lowest BCUT2D eigenvalue weighted by Gasteiger charge is -2.27. The van der Waals surface area contributed by atoms with Crippen molar-refractivity contribution in [2.45, 2.75) is 26.8 Å². The highest BCUT2D eigenvalue weighted by atomic mass is 35.5. The van der Waals surface area contributed by atoms with Crippen molar-refractivity contribution in [1.82, 2.24) is 0 Å². The molecule has 3 aromatic rings. The molecule has 0 radical (unpaired) electrons. The Bertz CT molecular complexity index is 1400. The highest BCUT2D eigenvalue weighted by Crippen LogP contribution is 2.45. The number of nitrogens with zero attached hydrogens (tertiary/aromatic N) is 1. The van der Waals surface area contributed by atoms with Gasteiger partial charge in [-0.2, -0.15) is 0 Å². The van der Waals surface area contributed by atoms with Gasteiger partial charge in [0, 0.05) is 16.3 Å². The number of aliphatic hydroxyl groups is 1. The molecule has 0 saturated carbocycles. The maximum atomic E-state index is 13.4. The van der Waals surface area contributed by atoms with Crippen LogP contribution in [0.3, 0.4) is 0 Å². The number of phenolic OH excluding ortho intramolecular Hbond substituents is 1. The summed E-state index contributed by atoms with van der Waals surface area (Å²) in [6.07, 6.45) is 0. The molecule has 1 fully saturated rings. The predicted molar refractivity (Wildman–Crippen MR) is 138 cm³/mol. The minimum Gasteiger partial charge on any atom is -0.507 e. The van der Waals surface area contributed by atoms with Gasteiger partial charge in [0.1, 0.15) is 11.5 Å². The van der Waals surface area contributed by atoms with Crippen LogP contribution in [0.2, 0.25) is 5.02 Å². The van der Waals surface area contributed by atoms with Gasteiger partial charge in [0.05, 0.1) is 25.3 Å². The van der Waals surface area contributed by atoms with Gasteiger partial charge in [-0.25, -0.2) is 0 Å². The van der Waals surface area contributed by atoms with E-state index in [1.165, 1.54) is 18.1 Å². The van der Waals surface area contributed by atoms with Crippen LogP contribution in [0.4, 0.5) is 5.69 Å². The van der Waals surface area contributed by atoms with E-state index in [9.17, 15) is 19.8 Å². The molecule has 0 bridgehead atoms. The molecule has 0 spiro atoms. The van der Waals surface area contributed by atoms with E-state index in [4.69, 9.17) is 21.1 Å². The van der Waals surface area contributed by atoms with E-state index >= 15 is 0 Å². The van der Waals surface area contributed by atoms with Crippen molar-refractivity contribution in [3.05, 3.63) is 87.4 Å². The number of methoxy groups -OCH3 is 1. The van der Waals surface area contributed by atoms with Crippen LogP contribution in [0.25, 0.3) is 5.76 Å². The van der Waals surface area contributed by atoms with E-state index in [0.717, 1.165) is 0 Å².